The van der Waals surface area contributed by atoms with Crippen LogP contribution in [0.2, 0.25) is 0 Å². The number of nitrogens with zero attached hydrogens (tertiary/aromatic N) is 6. The lowest BCUT2D eigenvalue weighted by atomic mass is 9.81. The summed E-state index contributed by atoms with van der Waals surface area (Å²) >= 11 is 0. The molecular weight excluding hydrogens is 1630 g/mol. The summed E-state index contributed by atoms with van der Waals surface area (Å²) in [5, 5.41) is 17.5. The van der Waals surface area contributed by atoms with Crippen LogP contribution in [0.1, 0.15) is 291 Å². The number of urea groups is 6. The van der Waals surface area contributed by atoms with E-state index < -0.39 is 82.1 Å². The molecule has 34 nitrogen and oxygen atoms in total. The van der Waals surface area contributed by atoms with Crippen molar-refractivity contribution in [1.29, 1.82) is 0 Å². The van der Waals surface area contributed by atoms with Crippen molar-refractivity contribution in [3.05, 3.63) is 48.6 Å². The first kappa shape index (κ1) is 114. The molecule has 14 amide bonds. The topological polar surface area (TPSA) is 404 Å². The van der Waals surface area contributed by atoms with Crippen LogP contribution in [-0.4, -0.2) is 267 Å². The van der Waals surface area contributed by atoms with Gasteiger partial charge in [-0.3, -0.25) is 9.59 Å². The Labute approximate surface area is 751 Å². The van der Waals surface area contributed by atoms with Crippen LogP contribution >= 0.6 is 0 Å². The summed E-state index contributed by atoms with van der Waals surface area (Å²) in [6.07, 6.45) is 16.0. The molecule has 720 valence electrons. The highest BCUT2D eigenvalue weighted by atomic mass is 16.6. The number of rotatable bonds is 60. The second kappa shape index (κ2) is 63.3. The minimum Gasteiger partial charge on any atom is -0.465 e. The number of esters is 6. The molecule has 0 spiro atoms. The summed E-state index contributed by atoms with van der Waals surface area (Å²) in [7, 11) is 0. The van der Waals surface area contributed by atoms with Crippen LogP contribution in [0, 0.1) is 11.8 Å². The van der Waals surface area contributed by atoms with Crippen LogP contribution < -0.4 is 31.9 Å². The lowest BCUT2D eigenvalue weighted by Crippen LogP contribution is -2.52. The predicted molar refractivity (Wildman–Crippen MR) is 484 cm³/mol. The van der Waals surface area contributed by atoms with Crippen LogP contribution in [0.15, 0.2) is 48.6 Å². The monoisotopic (exact) mass is 1790 g/mol. The summed E-state index contributed by atoms with van der Waals surface area (Å²) in [6.45, 7) is 47.1. The van der Waals surface area contributed by atoms with Gasteiger partial charge >= 0.3 is 84.2 Å². The predicted octanol–water partition coefficient (Wildman–Crippen LogP) is 15.3. The minimum atomic E-state index is -0.774. The molecule has 1 fully saturated rings. The number of imide groups is 2. The minimum absolute atomic E-state index is 0.0194. The molecule has 126 heavy (non-hydrogen) atoms. The number of amides is 14. The molecule has 0 aromatic carbocycles. The highest BCUT2D eigenvalue weighted by Gasteiger charge is 2.35. The van der Waals surface area contributed by atoms with Crippen molar-refractivity contribution in [2.45, 2.75) is 313 Å². The number of carbonyl (C=O) groups is 14. The molecule has 0 aliphatic heterocycles. The normalized spacial score (nSPS) is 13.2. The quantitative estimate of drug-likeness (QED) is 0.0143. The Bertz CT molecular complexity index is 3200. The molecular formula is C92H160N12O22. The average molecular weight is 1790 g/mol. The van der Waals surface area contributed by atoms with Gasteiger partial charge in [-0.25, -0.2) is 67.3 Å². The Morgan fingerprint density at radius 2 is 0.468 bits per heavy atom. The van der Waals surface area contributed by atoms with Crippen molar-refractivity contribution < 1.29 is 105 Å². The van der Waals surface area contributed by atoms with E-state index in [1.54, 1.807) is 47.3 Å². The van der Waals surface area contributed by atoms with Gasteiger partial charge in [0.25, 0.3) is 0 Å². The Morgan fingerprint density at radius 1 is 0.262 bits per heavy atom. The van der Waals surface area contributed by atoms with Gasteiger partial charge in [-0.2, -0.15) is 0 Å². The van der Waals surface area contributed by atoms with E-state index >= 15 is 0 Å². The average Bonchev–Trinajstić information content (AvgIpc) is 0.891. The summed E-state index contributed by atoms with van der Waals surface area (Å²) in [6, 6.07) is -2.31. The molecule has 1 saturated carbocycles. The maximum absolute atomic E-state index is 13.6. The van der Waals surface area contributed by atoms with E-state index in [0.29, 0.717) is 193 Å². The summed E-state index contributed by atoms with van der Waals surface area (Å²) in [5.41, 5.74) is -1.05. The molecule has 0 saturated heterocycles. The Morgan fingerprint density at radius 3 is 0.690 bits per heavy atom. The highest BCUT2D eigenvalue weighted by molar-refractivity contribution is 5.92. The van der Waals surface area contributed by atoms with Crippen molar-refractivity contribution in [2.24, 2.45) is 11.8 Å². The standard InChI is InChI=1S/C92H160N12O22/c1-69(2)75(105)121-64-56-101(89(9,10)11)83(113)95-50-35-23-21-33-48-93-81(111)99(54-39-27-25-37-52-97-85(115)103(91(15,16)17)58-66-123-77(107)71(5)6)87(117)125-62-43-31-29-41-60-119-79(109)73-46-45-47-74(68-73)80(110)120-61-42-30-32-44-63-126-88(118)100(55-40-28-26-38-53-98-86(116)104(92(18,19)20)59-67-124-78(108)72(7)8)82(112)94-49-34-22-24-36-51-96-84(114)102(90(12,13)14)57-65-122-76(106)70(3)4/h73-74H,1,3,5,7,21-68H2,2,4,6,8-20H3,(H,93,111)(H,94,112)(H,95,113)(H,96,114)(H,97,115)(H,98,116). The molecule has 0 aromatic heterocycles. The third kappa shape index (κ3) is 51.8. The largest absolute Gasteiger partial charge is 0.465 e. The number of nitrogens with one attached hydrogen (secondary N) is 6. The first-order chi connectivity index (χ1) is 59.3. The fourth-order valence-corrected chi connectivity index (χ4v) is 13.2. The van der Waals surface area contributed by atoms with Gasteiger partial charge < -0.3 is 89.4 Å². The van der Waals surface area contributed by atoms with Crippen molar-refractivity contribution in [3.63, 3.8) is 0 Å². The van der Waals surface area contributed by atoms with Crippen molar-refractivity contribution >= 4 is 84.2 Å². The van der Waals surface area contributed by atoms with Gasteiger partial charge in [-0.1, -0.05) is 84.1 Å². The zero-order valence-electron chi connectivity index (χ0n) is 79.6. The zero-order valence-corrected chi connectivity index (χ0v) is 79.6. The molecule has 0 bridgehead atoms. The molecule has 0 aromatic rings. The van der Waals surface area contributed by atoms with Crippen molar-refractivity contribution in [1.82, 2.24) is 61.3 Å². The molecule has 1 aliphatic rings. The van der Waals surface area contributed by atoms with E-state index in [1.165, 1.54) is 0 Å². The van der Waals surface area contributed by atoms with E-state index in [4.69, 9.17) is 37.9 Å². The number of unbranched alkanes of at least 4 members (excludes halogenated alkanes) is 18. The van der Waals surface area contributed by atoms with Gasteiger partial charge in [0, 0.05) is 96.8 Å². The fourth-order valence-electron chi connectivity index (χ4n) is 13.2. The molecule has 2 unspecified atom stereocenters. The lowest BCUT2D eigenvalue weighted by Gasteiger charge is -2.35. The first-order valence-electron chi connectivity index (χ1n) is 45.6. The molecule has 0 radical (unpaired) electrons. The SMILES string of the molecule is C=C(C)C(=O)OCCN(C(=O)NCCCCCCNC(=O)N(CCCCCCNC(=O)N(CCOC(=O)C(=C)C)C(C)(C)C)C(=O)OCCCCCCOC(=O)C1CCCC(C(=O)OCCCCCCOC(=O)N(CCCCCCNC(=O)N(CCOC(=O)C(=C)C)C(C)(C)C)C(=O)NCCCCCCNC(=O)N(CCOC(=O)C(=C)C)C(C)(C)C)C1)C(C)(C)C. The number of ether oxygens (including phenoxy) is 8. The van der Waals surface area contributed by atoms with E-state index in [2.05, 4.69) is 58.2 Å². The van der Waals surface area contributed by atoms with E-state index in [0.717, 1.165) is 35.5 Å². The third-order valence-electron chi connectivity index (χ3n) is 20.6. The highest BCUT2D eigenvalue weighted by Crippen LogP contribution is 2.31. The van der Waals surface area contributed by atoms with Gasteiger partial charge in [-0.05, 0) is 233 Å². The summed E-state index contributed by atoms with van der Waals surface area (Å²) in [5.74, 6) is -3.69. The first-order valence-corrected chi connectivity index (χ1v) is 45.6. The number of hydrogen-bond donors (Lipinski definition) is 6. The van der Waals surface area contributed by atoms with Gasteiger partial charge in [0.1, 0.15) is 26.4 Å². The molecule has 1 aliphatic carbocycles. The van der Waals surface area contributed by atoms with Gasteiger partial charge in [0.05, 0.1) is 64.4 Å². The Hall–Kier alpha value is -9.66. The maximum Gasteiger partial charge on any atom is 0.417 e. The second-order valence-corrected chi connectivity index (χ2v) is 36.3. The van der Waals surface area contributed by atoms with Crippen molar-refractivity contribution in [2.75, 3.05) is 131 Å². The molecule has 6 N–H and O–H groups in total. The van der Waals surface area contributed by atoms with E-state index in [1.807, 2.05) is 83.1 Å². The lowest BCUT2D eigenvalue weighted by molar-refractivity contribution is -0.155. The van der Waals surface area contributed by atoms with Gasteiger partial charge in [-0.15, -0.1) is 0 Å². The Balaban J connectivity index is 2.74. The molecule has 1 rings (SSSR count). The summed E-state index contributed by atoms with van der Waals surface area (Å²) < 4.78 is 43.5. The second-order valence-electron chi connectivity index (χ2n) is 36.3. The van der Waals surface area contributed by atoms with E-state index in [-0.39, 0.29) is 150 Å². The van der Waals surface area contributed by atoms with E-state index in [9.17, 15) is 67.1 Å². The third-order valence-corrected chi connectivity index (χ3v) is 20.6. The van der Waals surface area contributed by atoms with Crippen LogP contribution in [0.5, 0.6) is 0 Å². The zero-order chi connectivity index (χ0) is 94.9. The van der Waals surface area contributed by atoms with Crippen LogP contribution in [0.4, 0.5) is 38.4 Å². The number of hydrogen-bond acceptors (Lipinski definition) is 22. The van der Waals surface area contributed by atoms with Crippen molar-refractivity contribution in [3.8, 4) is 0 Å². The maximum atomic E-state index is 13.6. The molecule has 2 atom stereocenters. The van der Waals surface area contributed by atoms with Crippen LogP contribution in [-0.2, 0) is 66.7 Å². The van der Waals surface area contributed by atoms with Gasteiger partial charge in [0.2, 0.25) is 0 Å². The van der Waals surface area contributed by atoms with Gasteiger partial charge in [0.15, 0.2) is 0 Å². The smallest absolute Gasteiger partial charge is 0.417 e. The number of carbonyl (C=O) groups excluding carboxylic acids is 14. The Kier molecular flexibility index (Phi) is 57.4. The molecule has 34 heteroatoms. The fraction of sp³-hybridized carbons (Fsp3) is 0.761. The van der Waals surface area contributed by atoms with Crippen LogP contribution in [0.25, 0.3) is 0 Å². The van der Waals surface area contributed by atoms with Crippen LogP contribution in [0.3, 0.4) is 0 Å². The summed E-state index contributed by atoms with van der Waals surface area (Å²) in [4.78, 5) is 190. The molecule has 0 heterocycles.